The standard InChI is InChI=1S/C16H15Cl2N3O3/c1-9(12-5-4-11(17)8-13(12)18)20-16(22)10-3-6-14(19-2)15(7-10)21(23)24/h3-9,19H,1-2H3,(H,20,22)/t9-/m1/s1. The number of hydrogen-bond acceptors (Lipinski definition) is 4. The average Bonchev–Trinajstić information content (AvgIpc) is 2.53. The van der Waals surface area contributed by atoms with Gasteiger partial charge in [-0.1, -0.05) is 29.3 Å². The van der Waals surface area contributed by atoms with Crippen molar-refractivity contribution in [1.29, 1.82) is 0 Å². The summed E-state index contributed by atoms with van der Waals surface area (Å²) in [6.45, 7) is 1.77. The molecule has 2 rings (SSSR count). The molecule has 126 valence electrons. The summed E-state index contributed by atoms with van der Waals surface area (Å²) in [6.07, 6.45) is 0. The highest BCUT2D eigenvalue weighted by Gasteiger charge is 2.19. The number of carbonyl (C=O) groups is 1. The molecule has 0 aliphatic rings. The molecule has 0 aliphatic heterocycles. The molecule has 8 heteroatoms. The summed E-state index contributed by atoms with van der Waals surface area (Å²) in [7, 11) is 1.58. The number of amides is 1. The van der Waals surface area contributed by atoms with Crippen molar-refractivity contribution in [2.24, 2.45) is 0 Å². The van der Waals surface area contributed by atoms with Crippen LogP contribution in [0.5, 0.6) is 0 Å². The van der Waals surface area contributed by atoms with Gasteiger partial charge < -0.3 is 10.6 Å². The number of benzene rings is 2. The Morgan fingerprint density at radius 1 is 1.21 bits per heavy atom. The first-order valence-electron chi connectivity index (χ1n) is 7.05. The van der Waals surface area contributed by atoms with Crippen molar-refractivity contribution in [3.05, 3.63) is 67.7 Å². The van der Waals surface area contributed by atoms with Gasteiger partial charge in [-0.15, -0.1) is 0 Å². The van der Waals surface area contributed by atoms with Gasteiger partial charge in [-0.25, -0.2) is 0 Å². The van der Waals surface area contributed by atoms with E-state index in [2.05, 4.69) is 10.6 Å². The zero-order valence-electron chi connectivity index (χ0n) is 13.0. The van der Waals surface area contributed by atoms with Crippen LogP contribution in [0.4, 0.5) is 11.4 Å². The summed E-state index contributed by atoms with van der Waals surface area (Å²) in [5.41, 5.74) is 1.07. The quantitative estimate of drug-likeness (QED) is 0.604. The summed E-state index contributed by atoms with van der Waals surface area (Å²) in [6, 6.07) is 8.85. The molecule has 0 bridgehead atoms. The molecule has 0 saturated heterocycles. The molecule has 24 heavy (non-hydrogen) atoms. The predicted molar refractivity (Wildman–Crippen MR) is 95.0 cm³/mol. The zero-order chi connectivity index (χ0) is 17.9. The first-order valence-corrected chi connectivity index (χ1v) is 7.81. The normalized spacial score (nSPS) is 11.7. The van der Waals surface area contributed by atoms with Gasteiger partial charge in [0.05, 0.1) is 11.0 Å². The van der Waals surface area contributed by atoms with Gasteiger partial charge in [-0.2, -0.15) is 0 Å². The van der Waals surface area contributed by atoms with Gasteiger partial charge >= 0.3 is 0 Å². The number of nitrogens with zero attached hydrogens (tertiary/aromatic N) is 1. The largest absolute Gasteiger partial charge is 0.383 e. The van der Waals surface area contributed by atoms with Crippen LogP contribution in [-0.2, 0) is 0 Å². The molecule has 2 aromatic rings. The summed E-state index contributed by atoms with van der Waals surface area (Å²) >= 11 is 12.0. The lowest BCUT2D eigenvalue weighted by Gasteiger charge is -2.16. The Hall–Kier alpha value is -2.31. The maximum atomic E-state index is 12.4. The molecule has 1 atom stereocenters. The molecule has 2 aromatic carbocycles. The molecule has 6 nitrogen and oxygen atoms in total. The second-order valence-electron chi connectivity index (χ2n) is 5.10. The third-order valence-corrected chi connectivity index (χ3v) is 4.06. The molecule has 2 N–H and O–H groups in total. The van der Waals surface area contributed by atoms with Crippen LogP contribution in [0.1, 0.15) is 28.9 Å². The number of nitro benzene ring substituents is 1. The molecule has 0 unspecified atom stereocenters. The van der Waals surface area contributed by atoms with E-state index >= 15 is 0 Å². The van der Waals surface area contributed by atoms with E-state index in [0.717, 1.165) is 0 Å². The Bertz CT molecular complexity index is 796. The van der Waals surface area contributed by atoms with Crippen molar-refractivity contribution in [2.45, 2.75) is 13.0 Å². The number of anilines is 1. The van der Waals surface area contributed by atoms with Crippen LogP contribution in [-0.4, -0.2) is 17.9 Å². The zero-order valence-corrected chi connectivity index (χ0v) is 14.5. The van der Waals surface area contributed by atoms with Gasteiger partial charge in [0.1, 0.15) is 5.69 Å². The van der Waals surface area contributed by atoms with Crippen molar-refractivity contribution in [3.63, 3.8) is 0 Å². The van der Waals surface area contributed by atoms with E-state index in [4.69, 9.17) is 23.2 Å². The minimum absolute atomic E-state index is 0.165. The van der Waals surface area contributed by atoms with Crippen LogP contribution in [0.3, 0.4) is 0 Å². The summed E-state index contributed by atoms with van der Waals surface area (Å²) in [5.74, 6) is -0.431. The van der Waals surface area contributed by atoms with Crippen molar-refractivity contribution in [1.82, 2.24) is 5.32 Å². The number of carbonyl (C=O) groups excluding carboxylic acids is 1. The first kappa shape index (κ1) is 18.0. The number of halogens is 2. The smallest absolute Gasteiger partial charge is 0.293 e. The van der Waals surface area contributed by atoms with Crippen molar-refractivity contribution in [2.75, 3.05) is 12.4 Å². The molecular weight excluding hydrogens is 353 g/mol. The highest BCUT2D eigenvalue weighted by molar-refractivity contribution is 6.35. The van der Waals surface area contributed by atoms with E-state index in [1.807, 2.05) is 0 Å². The van der Waals surface area contributed by atoms with E-state index in [9.17, 15) is 14.9 Å². The van der Waals surface area contributed by atoms with Gasteiger partial charge in [0, 0.05) is 28.7 Å². The maximum absolute atomic E-state index is 12.4. The highest BCUT2D eigenvalue weighted by Crippen LogP contribution is 2.28. The number of nitro groups is 1. The summed E-state index contributed by atoms with van der Waals surface area (Å²) in [4.78, 5) is 22.9. The van der Waals surface area contributed by atoms with Crippen molar-refractivity contribution < 1.29 is 9.72 Å². The van der Waals surface area contributed by atoms with E-state index in [1.165, 1.54) is 18.2 Å². The number of nitrogens with one attached hydrogen (secondary N) is 2. The lowest BCUT2D eigenvalue weighted by Crippen LogP contribution is -2.26. The molecular formula is C16H15Cl2N3O3. The maximum Gasteiger partial charge on any atom is 0.293 e. The molecule has 0 spiro atoms. The third kappa shape index (κ3) is 3.96. The molecule has 0 fully saturated rings. The fraction of sp³-hybridized carbons (Fsp3) is 0.188. The van der Waals surface area contributed by atoms with Gasteiger partial charge in [-0.05, 0) is 36.8 Å². The first-order chi connectivity index (χ1) is 11.3. The average molecular weight is 368 g/mol. The molecule has 0 heterocycles. The molecule has 1 amide bonds. The fourth-order valence-corrected chi connectivity index (χ4v) is 2.82. The van der Waals surface area contributed by atoms with Gasteiger partial charge in [-0.3, -0.25) is 14.9 Å². The van der Waals surface area contributed by atoms with E-state index in [0.29, 0.717) is 21.3 Å². The Balaban J connectivity index is 2.23. The van der Waals surface area contributed by atoms with Crippen molar-refractivity contribution in [3.8, 4) is 0 Å². The minimum Gasteiger partial charge on any atom is -0.383 e. The number of hydrogen-bond donors (Lipinski definition) is 2. The highest BCUT2D eigenvalue weighted by atomic mass is 35.5. The third-order valence-electron chi connectivity index (χ3n) is 3.50. The van der Waals surface area contributed by atoms with E-state index < -0.39 is 10.8 Å². The van der Waals surface area contributed by atoms with Crippen LogP contribution in [0.15, 0.2) is 36.4 Å². The molecule has 0 aromatic heterocycles. The molecule has 0 saturated carbocycles. The topological polar surface area (TPSA) is 84.3 Å². The lowest BCUT2D eigenvalue weighted by molar-refractivity contribution is -0.384. The van der Waals surface area contributed by atoms with Crippen LogP contribution < -0.4 is 10.6 Å². The molecule has 0 aliphatic carbocycles. The second kappa shape index (κ2) is 7.51. The van der Waals surface area contributed by atoms with Crippen LogP contribution >= 0.6 is 23.2 Å². The monoisotopic (exact) mass is 367 g/mol. The fourth-order valence-electron chi connectivity index (χ4n) is 2.25. The van der Waals surface area contributed by atoms with E-state index in [1.54, 1.807) is 32.2 Å². The van der Waals surface area contributed by atoms with Crippen molar-refractivity contribution >= 4 is 40.5 Å². The summed E-state index contributed by atoms with van der Waals surface area (Å²) < 4.78 is 0. The molecule has 0 radical (unpaired) electrons. The Morgan fingerprint density at radius 2 is 1.92 bits per heavy atom. The van der Waals surface area contributed by atoms with Gasteiger partial charge in [0.25, 0.3) is 11.6 Å². The lowest BCUT2D eigenvalue weighted by atomic mass is 10.1. The Morgan fingerprint density at radius 3 is 2.50 bits per heavy atom. The second-order valence-corrected chi connectivity index (χ2v) is 5.94. The van der Waals surface area contributed by atoms with Gasteiger partial charge in [0.2, 0.25) is 0 Å². The van der Waals surface area contributed by atoms with Crippen LogP contribution in [0, 0.1) is 10.1 Å². The van der Waals surface area contributed by atoms with Gasteiger partial charge in [0.15, 0.2) is 0 Å². The SMILES string of the molecule is CNc1ccc(C(=O)N[C@H](C)c2ccc(Cl)cc2Cl)cc1[N+](=O)[O-]. The Kier molecular flexibility index (Phi) is 5.64. The predicted octanol–water partition coefficient (Wildman–Crippen LogP) is 4.43. The summed E-state index contributed by atoms with van der Waals surface area (Å²) in [5, 5.41) is 17.5. The van der Waals surface area contributed by atoms with E-state index in [-0.39, 0.29) is 17.3 Å². The van der Waals surface area contributed by atoms with Crippen LogP contribution in [0.25, 0.3) is 0 Å². The van der Waals surface area contributed by atoms with Crippen LogP contribution in [0.2, 0.25) is 10.0 Å². The minimum atomic E-state index is -0.540. The number of rotatable bonds is 5. The Labute approximate surface area is 148 Å².